The van der Waals surface area contributed by atoms with Gasteiger partial charge in [-0.2, -0.15) is 0 Å². The highest BCUT2D eigenvalue weighted by Gasteiger charge is 2.38. The fourth-order valence-electron chi connectivity index (χ4n) is 5.36. The number of likely N-dealkylation sites (tertiary alicyclic amines) is 1. The van der Waals surface area contributed by atoms with Crippen molar-refractivity contribution in [2.24, 2.45) is 17.3 Å². The first-order chi connectivity index (χ1) is 18.0. The number of piperidine rings is 1. The van der Waals surface area contributed by atoms with Gasteiger partial charge < -0.3 is 25.1 Å². The van der Waals surface area contributed by atoms with E-state index in [9.17, 15) is 29.5 Å². The van der Waals surface area contributed by atoms with Crippen LogP contribution in [0.4, 0.5) is 0 Å². The van der Waals surface area contributed by atoms with E-state index in [4.69, 9.17) is 4.42 Å². The van der Waals surface area contributed by atoms with E-state index in [2.05, 4.69) is 10.6 Å². The molecule has 2 aliphatic rings. The standard InChI is InChI=1S/C27H42N4O7/c1-27(2,3)24(29-25(35)19(15-31(37)17-32)12-18-6-4-5-7-18)26(36)30-10-8-20(9-11-30)28-14-21-13-22(33)23(34)16-38-21/h13,16-20,24,28,34,37H,4-12,14-15H2,1-3H3,(H,29,35)/t19-,24-/m0/s1. The van der Waals surface area contributed by atoms with Crippen molar-refractivity contribution in [3.05, 3.63) is 28.3 Å². The highest BCUT2D eigenvalue weighted by Crippen LogP contribution is 2.31. The Kier molecular flexibility index (Phi) is 10.3. The maximum absolute atomic E-state index is 13.6. The molecule has 1 aliphatic heterocycles. The minimum absolute atomic E-state index is 0.102. The third-order valence-electron chi connectivity index (χ3n) is 7.63. The number of nitrogens with zero attached hydrogens (tertiary/aromatic N) is 2. The number of amides is 3. The highest BCUT2D eigenvalue weighted by molar-refractivity contribution is 5.89. The SMILES string of the molecule is CC(C)(C)[C@@H](NC(=O)[C@@H](CC1CCCC1)CN(O)C=O)C(=O)N1CCC(NCc2cc(=O)c(O)co2)CC1. The molecule has 38 heavy (non-hydrogen) atoms. The number of aromatic hydroxyl groups is 1. The minimum atomic E-state index is -0.750. The fraction of sp³-hybridized carbons (Fsp3) is 0.704. The molecule has 11 nitrogen and oxygen atoms in total. The van der Waals surface area contributed by atoms with Gasteiger partial charge in [0.25, 0.3) is 0 Å². The largest absolute Gasteiger partial charge is 0.502 e. The zero-order valence-electron chi connectivity index (χ0n) is 22.6. The number of hydrogen-bond donors (Lipinski definition) is 4. The van der Waals surface area contributed by atoms with E-state index in [-0.39, 0.29) is 24.4 Å². The Morgan fingerprint density at radius 3 is 2.45 bits per heavy atom. The maximum atomic E-state index is 13.6. The Hall–Kier alpha value is -2.92. The van der Waals surface area contributed by atoms with Gasteiger partial charge in [-0.3, -0.25) is 24.4 Å². The van der Waals surface area contributed by atoms with Gasteiger partial charge in [-0.25, -0.2) is 5.06 Å². The molecule has 11 heteroatoms. The predicted octanol–water partition coefficient (Wildman–Crippen LogP) is 2.00. The van der Waals surface area contributed by atoms with E-state index in [1.54, 1.807) is 4.90 Å². The molecule has 4 N–H and O–H groups in total. The normalized spacial score (nSPS) is 18.7. The number of hydroxylamine groups is 2. The van der Waals surface area contributed by atoms with Crippen LogP contribution in [0.2, 0.25) is 0 Å². The molecule has 2 heterocycles. The van der Waals surface area contributed by atoms with E-state index >= 15 is 0 Å². The van der Waals surface area contributed by atoms with Crippen LogP contribution in [0.1, 0.15) is 71.5 Å². The van der Waals surface area contributed by atoms with E-state index in [0.717, 1.165) is 31.9 Å². The molecule has 1 aromatic rings. The smallest absolute Gasteiger partial charge is 0.245 e. The topological polar surface area (TPSA) is 152 Å². The zero-order chi connectivity index (χ0) is 27.9. The van der Waals surface area contributed by atoms with Crippen LogP contribution in [0, 0.1) is 17.3 Å². The van der Waals surface area contributed by atoms with Crippen LogP contribution < -0.4 is 16.1 Å². The van der Waals surface area contributed by atoms with Gasteiger partial charge >= 0.3 is 0 Å². The Bertz CT molecular complexity index is 1010. The highest BCUT2D eigenvalue weighted by atomic mass is 16.5. The van der Waals surface area contributed by atoms with Crippen LogP contribution in [-0.2, 0) is 20.9 Å². The molecule has 0 spiro atoms. The molecule has 1 saturated carbocycles. The summed E-state index contributed by atoms with van der Waals surface area (Å²) in [5, 5.41) is 25.9. The summed E-state index contributed by atoms with van der Waals surface area (Å²) in [7, 11) is 0. The van der Waals surface area contributed by atoms with E-state index in [0.29, 0.717) is 62.0 Å². The molecule has 1 aliphatic carbocycles. The molecule has 3 amide bonds. The Morgan fingerprint density at radius 2 is 1.87 bits per heavy atom. The van der Waals surface area contributed by atoms with Crippen molar-refractivity contribution in [2.45, 2.75) is 84.3 Å². The van der Waals surface area contributed by atoms with Crippen molar-refractivity contribution in [3.8, 4) is 5.75 Å². The molecule has 3 rings (SSSR count). The van der Waals surface area contributed by atoms with Crippen molar-refractivity contribution < 1.29 is 29.1 Å². The van der Waals surface area contributed by atoms with Crippen LogP contribution in [0.3, 0.4) is 0 Å². The van der Waals surface area contributed by atoms with Crippen LogP contribution in [0.5, 0.6) is 5.75 Å². The lowest BCUT2D eigenvalue weighted by molar-refractivity contribution is -0.156. The number of hydrogen-bond acceptors (Lipinski definition) is 8. The number of carbonyl (C=O) groups is 3. The second-order valence-corrected chi connectivity index (χ2v) is 11.7. The summed E-state index contributed by atoms with van der Waals surface area (Å²) in [5.74, 6) is -0.701. The lowest BCUT2D eigenvalue weighted by atomic mass is 9.84. The molecule has 0 unspecified atom stereocenters. The maximum Gasteiger partial charge on any atom is 0.245 e. The van der Waals surface area contributed by atoms with E-state index in [1.165, 1.54) is 6.07 Å². The van der Waals surface area contributed by atoms with Gasteiger partial charge in [-0.1, -0.05) is 46.5 Å². The fourth-order valence-corrected chi connectivity index (χ4v) is 5.36. The Morgan fingerprint density at radius 1 is 1.21 bits per heavy atom. The second kappa shape index (κ2) is 13.2. The van der Waals surface area contributed by atoms with Crippen LogP contribution >= 0.6 is 0 Å². The first kappa shape index (κ1) is 29.6. The molecular formula is C27H42N4O7. The first-order valence-corrected chi connectivity index (χ1v) is 13.5. The number of rotatable bonds is 11. The summed E-state index contributed by atoms with van der Waals surface area (Å²) in [6.07, 6.45) is 7.58. The Labute approximate surface area is 223 Å². The number of carbonyl (C=O) groups excluding carboxylic acids is 3. The zero-order valence-corrected chi connectivity index (χ0v) is 22.6. The molecule has 0 aromatic carbocycles. The van der Waals surface area contributed by atoms with Crippen LogP contribution in [0.15, 0.2) is 21.5 Å². The molecule has 0 radical (unpaired) electrons. The van der Waals surface area contributed by atoms with Crippen molar-refractivity contribution in [3.63, 3.8) is 0 Å². The molecule has 1 saturated heterocycles. The van der Waals surface area contributed by atoms with Gasteiger partial charge in [0.2, 0.25) is 23.7 Å². The van der Waals surface area contributed by atoms with Crippen LogP contribution in [-0.4, -0.2) is 70.2 Å². The van der Waals surface area contributed by atoms with Crippen LogP contribution in [0.25, 0.3) is 0 Å². The van der Waals surface area contributed by atoms with Crippen molar-refractivity contribution in [2.75, 3.05) is 19.6 Å². The molecule has 2 fully saturated rings. The summed E-state index contributed by atoms with van der Waals surface area (Å²) in [5.41, 5.74) is -1.04. The second-order valence-electron chi connectivity index (χ2n) is 11.7. The van der Waals surface area contributed by atoms with Crippen molar-refractivity contribution in [1.29, 1.82) is 0 Å². The molecule has 1 aromatic heterocycles. The van der Waals surface area contributed by atoms with Crippen molar-refractivity contribution >= 4 is 18.2 Å². The van der Waals surface area contributed by atoms with Gasteiger partial charge in [0.05, 0.1) is 19.0 Å². The first-order valence-electron chi connectivity index (χ1n) is 13.5. The minimum Gasteiger partial charge on any atom is -0.502 e. The Balaban J connectivity index is 1.58. The lowest BCUT2D eigenvalue weighted by Crippen LogP contribution is -2.58. The summed E-state index contributed by atoms with van der Waals surface area (Å²) in [4.78, 5) is 51.3. The third-order valence-corrected chi connectivity index (χ3v) is 7.63. The van der Waals surface area contributed by atoms with Gasteiger partial charge in [-0.15, -0.1) is 0 Å². The average Bonchev–Trinajstić information content (AvgIpc) is 3.39. The quantitative estimate of drug-likeness (QED) is 0.191. The molecule has 212 valence electrons. The third kappa shape index (κ3) is 8.29. The summed E-state index contributed by atoms with van der Waals surface area (Å²) in [6.45, 7) is 6.98. The van der Waals surface area contributed by atoms with E-state index < -0.39 is 28.6 Å². The van der Waals surface area contributed by atoms with E-state index in [1.807, 2.05) is 20.8 Å². The summed E-state index contributed by atoms with van der Waals surface area (Å²) in [6, 6.07) is 0.624. The summed E-state index contributed by atoms with van der Waals surface area (Å²) < 4.78 is 5.23. The monoisotopic (exact) mass is 534 g/mol. The molecular weight excluding hydrogens is 492 g/mol. The van der Waals surface area contributed by atoms with Gasteiger partial charge in [-0.05, 0) is 30.6 Å². The van der Waals surface area contributed by atoms with Gasteiger partial charge in [0.15, 0.2) is 5.75 Å². The van der Waals surface area contributed by atoms with Gasteiger partial charge in [0.1, 0.15) is 18.1 Å². The summed E-state index contributed by atoms with van der Waals surface area (Å²) >= 11 is 0. The predicted molar refractivity (Wildman–Crippen MR) is 139 cm³/mol. The van der Waals surface area contributed by atoms with Gasteiger partial charge in [0, 0.05) is 25.2 Å². The molecule has 0 bridgehead atoms. The lowest BCUT2D eigenvalue weighted by Gasteiger charge is -2.39. The number of nitrogens with one attached hydrogen (secondary N) is 2. The van der Waals surface area contributed by atoms with Crippen molar-refractivity contribution in [1.82, 2.24) is 20.6 Å². The molecule has 2 atom stereocenters. The average molecular weight is 535 g/mol.